The smallest absolute Gasteiger partial charge is 0.123 e. The molecule has 1 fully saturated rings. The Hall–Kier alpha value is -0.930. The highest BCUT2D eigenvalue weighted by Crippen LogP contribution is 2.21. The first-order valence-electron chi connectivity index (χ1n) is 5.82. The van der Waals surface area contributed by atoms with E-state index in [1.54, 1.807) is 0 Å². The van der Waals surface area contributed by atoms with E-state index < -0.39 is 0 Å². The molecule has 0 radical (unpaired) electrons. The molecular weight excluding hydrogens is 203 g/mol. The van der Waals surface area contributed by atoms with E-state index in [0.29, 0.717) is 6.04 Å². The van der Waals surface area contributed by atoms with Gasteiger partial charge in [0.05, 0.1) is 0 Å². The fourth-order valence-corrected chi connectivity index (χ4v) is 2.24. The topological polar surface area (TPSA) is 24.1 Å². The van der Waals surface area contributed by atoms with Gasteiger partial charge >= 0.3 is 0 Å². The second kappa shape index (κ2) is 4.52. The third kappa shape index (κ3) is 2.60. The molecule has 1 heterocycles. The average Bonchev–Trinajstić information content (AvgIpc) is 2.70. The van der Waals surface area contributed by atoms with E-state index in [-0.39, 0.29) is 11.4 Å². The van der Waals surface area contributed by atoms with Gasteiger partial charge in [0.25, 0.3) is 0 Å². The summed E-state index contributed by atoms with van der Waals surface area (Å²) in [5, 5.41) is 6.94. The molecule has 2 rings (SSSR count). The fraction of sp³-hybridized carbons (Fsp3) is 0.538. The van der Waals surface area contributed by atoms with Crippen LogP contribution in [0.2, 0.25) is 0 Å². The van der Waals surface area contributed by atoms with Crippen molar-refractivity contribution in [3.63, 3.8) is 0 Å². The van der Waals surface area contributed by atoms with Gasteiger partial charge in [0.15, 0.2) is 0 Å². The van der Waals surface area contributed by atoms with Crippen LogP contribution in [0, 0.1) is 5.82 Å². The van der Waals surface area contributed by atoms with Gasteiger partial charge in [-0.15, -0.1) is 0 Å². The van der Waals surface area contributed by atoms with Crippen LogP contribution in [0.15, 0.2) is 24.3 Å². The molecule has 2 nitrogen and oxygen atoms in total. The van der Waals surface area contributed by atoms with E-state index in [1.807, 2.05) is 12.1 Å². The van der Waals surface area contributed by atoms with Crippen LogP contribution in [-0.4, -0.2) is 19.1 Å². The van der Waals surface area contributed by atoms with E-state index >= 15 is 0 Å². The predicted octanol–water partition coefficient (Wildman–Crippen LogP) is 2.01. The van der Waals surface area contributed by atoms with Crippen LogP contribution < -0.4 is 10.6 Å². The molecule has 16 heavy (non-hydrogen) atoms. The molecule has 0 spiro atoms. The van der Waals surface area contributed by atoms with Crippen LogP contribution >= 0.6 is 0 Å². The number of nitrogens with one attached hydrogen (secondary N) is 2. The summed E-state index contributed by atoms with van der Waals surface area (Å²) in [6.45, 7) is 6.37. The van der Waals surface area contributed by atoms with Crippen LogP contribution in [0.4, 0.5) is 4.39 Å². The molecule has 0 saturated carbocycles. The summed E-state index contributed by atoms with van der Waals surface area (Å²) in [4.78, 5) is 0. The van der Waals surface area contributed by atoms with Crippen molar-refractivity contribution >= 4 is 0 Å². The lowest BCUT2D eigenvalue weighted by atomic mass is 9.93. The summed E-state index contributed by atoms with van der Waals surface area (Å²) in [5.74, 6) is -0.179. The van der Waals surface area contributed by atoms with E-state index in [0.717, 1.165) is 25.1 Å². The minimum Gasteiger partial charge on any atom is -0.315 e. The van der Waals surface area contributed by atoms with Gasteiger partial charge in [-0.2, -0.15) is 0 Å². The average molecular weight is 222 g/mol. The standard InChI is InChI=1S/C13H19FN2/c1-13(2,16-12-7-8-15-9-12)10-3-5-11(14)6-4-10/h3-6,12,15-16H,7-9H2,1-2H3. The van der Waals surface area contributed by atoms with Gasteiger partial charge in [-0.3, -0.25) is 0 Å². The maximum atomic E-state index is 12.8. The molecule has 1 saturated heterocycles. The van der Waals surface area contributed by atoms with Gasteiger partial charge in [0.2, 0.25) is 0 Å². The molecule has 1 atom stereocenters. The Morgan fingerprint density at radius 3 is 2.56 bits per heavy atom. The number of benzene rings is 1. The molecule has 0 bridgehead atoms. The SMILES string of the molecule is CC(C)(NC1CCNC1)c1ccc(F)cc1. The molecule has 1 unspecified atom stereocenters. The van der Waals surface area contributed by atoms with Crippen molar-refractivity contribution in [1.82, 2.24) is 10.6 Å². The largest absolute Gasteiger partial charge is 0.315 e. The molecule has 1 aromatic carbocycles. The minimum atomic E-state index is -0.179. The summed E-state index contributed by atoms with van der Waals surface area (Å²) in [7, 11) is 0. The van der Waals surface area contributed by atoms with Gasteiger partial charge in [-0.25, -0.2) is 4.39 Å². The van der Waals surface area contributed by atoms with Crippen LogP contribution in [-0.2, 0) is 5.54 Å². The number of halogens is 1. The van der Waals surface area contributed by atoms with E-state index in [4.69, 9.17) is 0 Å². The molecule has 0 amide bonds. The maximum absolute atomic E-state index is 12.8. The van der Waals surface area contributed by atoms with Crippen molar-refractivity contribution in [3.05, 3.63) is 35.6 Å². The Bertz CT molecular complexity index is 339. The van der Waals surface area contributed by atoms with E-state index in [9.17, 15) is 4.39 Å². The summed E-state index contributed by atoms with van der Waals surface area (Å²) in [6.07, 6.45) is 1.16. The van der Waals surface area contributed by atoms with Gasteiger partial charge in [0.1, 0.15) is 5.82 Å². The molecular formula is C13H19FN2. The lowest BCUT2D eigenvalue weighted by molar-refractivity contribution is 0.351. The quantitative estimate of drug-likeness (QED) is 0.817. The van der Waals surface area contributed by atoms with Crippen molar-refractivity contribution < 1.29 is 4.39 Å². The van der Waals surface area contributed by atoms with Gasteiger partial charge in [0, 0.05) is 18.1 Å². The molecule has 88 valence electrons. The van der Waals surface area contributed by atoms with Crippen molar-refractivity contribution in [2.75, 3.05) is 13.1 Å². The van der Waals surface area contributed by atoms with Crippen molar-refractivity contribution in [1.29, 1.82) is 0 Å². The second-order valence-corrected chi connectivity index (χ2v) is 4.97. The first-order chi connectivity index (χ1) is 7.58. The highest BCUT2D eigenvalue weighted by atomic mass is 19.1. The summed E-state index contributed by atoms with van der Waals surface area (Å²) >= 11 is 0. The monoisotopic (exact) mass is 222 g/mol. The zero-order valence-electron chi connectivity index (χ0n) is 9.89. The van der Waals surface area contributed by atoms with Crippen LogP contribution in [0.3, 0.4) is 0 Å². The highest BCUT2D eigenvalue weighted by Gasteiger charge is 2.25. The summed E-state index contributed by atoms with van der Waals surface area (Å²) in [5.41, 5.74) is 1.02. The zero-order valence-corrected chi connectivity index (χ0v) is 9.89. The molecule has 1 aliphatic rings. The second-order valence-electron chi connectivity index (χ2n) is 4.97. The molecule has 2 N–H and O–H groups in total. The van der Waals surface area contributed by atoms with Crippen molar-refractivity contribution in [3.8, 4) is 0 Å². The third-order valence-electron chi connectivity index (χ3n) is 3.19. The lowest BCUT2D eigenvalue weighted by Gasteiger charge is -2.30. The maximum Gasteiger partial charge on any atom is 0.123 e. The number of hydrogen-bond acceptors (Lipinski definition) is 2. The summed E-state index contributed by atoms with van der Waals surface area (Å²) < 4.78 is 12.8. The molecule has 0 aliphatic carbocycles. The van der Waals surface area contributed by atoms with Crippen LogP contribution in [0.25, 0.3) is 0 Å². The fourth-order valence-electron chi connectivity index (χ4n) is 2.24. The van der Waals surface area contributed by atoms with Gasteiger partial charge in [-0.05, 0) is 44.5 Å². The Labute approximate surface area is 96.2 Å². The van der Waals surface area contributed by atoms with Crippen molar-refractivity contribution in [2.45, 2.75) is 31.8 Å². The van der Waals surface area contributed by atoms with Gasteiger partial charge < -0.3 is 10.6 Å². The lowest BCUT2D eigenvalue weighted by Crippen LogP contribution is -2.44. The highest BCUT2D eigenvalue weighted by molar-refractivity contribution is 5.23. The van der Waals surface area contributed by atoms with Crippen LogP contribution in [0.1, 0.15) is 25.8 Å². The molecule has 1 aromatic rings. The Balaban J connectivity index is 2.07. The Morgan fingerprint density at radius 1 is 1.31 bits per heavy atom. The molecule has 1 aliphatic heterocycles. The van der Waals surface area contributed by atoms with Crippen LogP contribution in [0.5, 0.6) is 0 Å². The van der Waals surface area contributed by atoms with E-state index in [1.165, 1.54) is 12.1 Å². The summed E-state index contributed by atoms with van der Waals surface area (Å²) in [6, 6.07) is 7.26. The number of hydrogen-bond donors (Lipinski definition) is 2. The zero-order chi connectivity index (χ0) is 11.6. The Kier molecular flexibility index (Phi) is 3.26. The first-order valence-corrected chi connectivity index (χ1v) is 5.82. The first kappa shape index (κ1) is 11.6. The minimum absolute atomic E-state index is 0.107. The van der Waals surface area contributed by atoms with E-state index in [2.05, 4.69) is 24.5 Å². The third-order valence-corrected chi connectivity index (χ3v) is 3.19. The van der Waals surface area contributed by atoms with Crippen molar-refractivity contribution in [2.24, 2.45) is 0 Å². The molecule has 0 aromatic heterocycles. The Morgan fingerprint density at radius 2 is 2.00 bits per heavy atom. The molecule has 3 heteroatoms. The van der Waals surface area contributed by atoms with Gasteiger partial charge in [-0.1, -0.05) is 12.1 Å². The number of rotatable bonds is 3. The predicted molar refractivity (Wildman–Crippen MR) is 63.8 cm³/mol. The normalized spacial score (nSPS) is 21.3.